The topological polar surface area (TPSA) is 61.6 Å². The molecule has 0 N–H and O–H groups in total. The van der Waals surface area contributed by atoms with Gasteiger partial charge in [0.15, 0.2) is 0 Å². The number of nitrogens with zero attached hydrogens (tertiary/aromatic N) is 1. The number of aryl methyl sites for hydroxylation is 2. The molecule has 0 aliphatic heterocycles. The van der Waals surface area contributed by atoms with Crippen molar-refractivity contribution in [1.29, 1.82) is 0 Å². The van der Waals surface area contributed by atoms with Crippen molar-refractivity contribution in [1.82, 2.24) is 4.98 Å². The Morgan fingerprint density at radius 3 is 2.76 bits per heavy atom. The van der Waals surface area contributed by atoms with Gasteiger partial charge in [-0.05, 0) is 74.4 Å². The SMILES string of the molecule is CCCC(C(=O)OCC)C1CCc2cc(OCCc3nc(-c4ccccc4)oc3C)ccc21. The summed E-state index contributed by atoms with van der Waals surface area (Å²) in [5.41, 5.74) is 4.46. The average Bonchev–Trinajstić information content (AvgIpc) is 3.41. The Morgan fingerprint density at radius 1 is 1.18 bits per heavy atom. The third kappa shape index (κ3) is 5.29. The maximum atomic E-state index is 12.5. The molecular formula is C28H33NO4. The molecule has 1 heterocycles. The van der Waals surface area contributed by atoms with E-state index in [1.165, 1.54) is 11.1 Å². The lowest BCUT2D eigenvalue weighted by Crippen LogP contribution is -2.23. The fourth-order valence-corrected chi connectivity index (χ4v) is 4.81. The van der Waals surface area contributed by atoms with Gasteiger partial charge in [-0.1, -0.05) is 37.6 Å². The average molecular weight is 448 g/mol. The van der Waals surface area contributed by atoms with Crippen LogP contribution in [0.25, 0.3) is 11.5 Å². The normalized spacial score (nSPS) is 15.8. The second kappa shape index (κ2) is 10.7. The van der Waals surface area contributed by atoms with Crippen molar-refractivity contribution in [3.63, 3.8) is 0 Å². The number of esters is 1. The first kappa shape index (κ1) is 23.1. The van der Waals surface area contributed by atoms with Crippen LogP contribution in [0, 0.1) is 12.8 Å². The highest BCUT2D eigenvalue weighted by atomic mass is 16.5. The lowest BCUT2D eigenvalue weighted by molar-refractivity contribution is -0.149. The summed E-state index contributed by atoms with van der Waals surface area (Å²) >= 11 is 0. The molecule has 0 saturated carbocycles. The summed E-state index contributed by atoms with van der Waals surface area (Å²) in [5.74, 6) is 2.46. The molecule has 0 bridgehead atoms. The van der Waals surface area contributed by atoms with Gasteiger partial charge in [0, 0.05) is 12.0 Å². The van der Waals surface area contributed by atoms with E-state index in [0.717, 1.165) is 48.5 Å². The van der Waals surface area contributed by atoms with Crippen LogP contribution >= 0.6 is 0 Å². The van der Waals surface area contributed by atoms with E-state index in [1.54, 1.807) is 0 Å². The summed E-state index contributed by atoms with van der Waals surface area (Å²) in [4.78, 5) is 17.2. The van der Waals surface area contributed by atoms with Gasteiger partial charge in [0.2, 0.25) is 5.89 Å². The number of hydrogen-bond acceptors (Lipinski definition) is 5. The van der Waals surface area contributed by atoms with Crippen molar-refractivity contribution in [2.75, 3.05) is 13.2 Å². The lowest BCUT2D eigenvalue weighted by atomic mass is 9.84. The first-order valence-electron chi connectivity index (χ1n) is 12.0. The smallest absolute Gasteiger partial charge is 0.309 e. The third-order valence-corrected chi connectivity index (χ3v) is 6.43. The van der Waals surface area contributed by atoms with E-state index in [0.29, 0.717) is 25.5 Å². The third-order valence-electron chi connectivity index (χ3n) is 6.43. The highest BCUT2D eigenvalue weighted by Crippen LogP contribution is 2.42. The van der Waals surface area contributed by atoms with Crippen molar-refractivity contribution in [2.45, 2.75) is 58.8 Å². The number of hydrogen-bond donors (Lipinski definition) is 0. The van der Waals surface area contributed by atoms with E-state index < -0.39 is 0 Å². The summed E-state index contributed by atoms with van der Waals surface area (Å²) < 4.78 is 17.3. The Kier molecular flexibility index (Phi) is 7.48. The molecule has 5 nitrogen and oxygen atoms in total. The molecule has 5 heteroatoms. The number of fused-ring (bicyclic) bond motifs is 1. The van der Waals surface area contributed by atoms with E-state index >= 15 is 0 Å². The maximum Gasteiger partial charge on any atom is 0.309 e. The van der Waals surface area contributed by atoms with Crippen LogP contribution in [0.2, 0.25) is 0 Å². The van der Waals surface area contributed by atoms with Crippen LogP contribution in [0.15, 0.2) is 52.9 Å². The van der Waals surface area contributed by atoms with Crippen LogP contribution in [0.4, 0.5) is 0 Å². The monoisotopic (exact) mass is 447 g/mol. The van der Waals surface area contributed by atoms with Gasteiger partial charge in [-0.2, -0.15) is 0 Å². The molecule has 1 aliphatic rings. The minimum atomic E-state index is -0.0598. The maximum absolute atomic E-state index is 12.5. The van der Waals surface area contributed by atoms with Gasteiger partial charge < -0.3 is 13.9 Å². The van der Waals surface area contributed by atoms with Crippen molar-refractivity contribution in [2.24, 2.45) is 5.92 Å². The Balaban J connectivity index is 1.38. The highest BCUT2D eigenvalue weighted by Gasteiger charge is 2.34. The molecule has 2 atom stereocenters. The fraction of sp³-hybridized carbons (Fsp3) is 0.429. The number of ether oxygens (including phenoxy) is 2. The van der Waals surface area contributed by atoms with E-state index in [1.807, 2.05) is 50.2 Å². The fourth-order valence-electron chi connectivity index (χ4n) is 4.81. The van der Waals surface area contributed by atoms with E-state index in [2.05, 4.69) is 24.0 Å². The minimum Gasteiger partial charge on any atom is -0.493 e. The van der Waals surface area contributed by atoms with Gasteiger partial charge >= 0.3 is 5.97 Å². The standard InChI is InChI=1S/C28H33NO4/c1-4-9-25(28(30)31-5-2)24-14-12-21-18-22(13-15-23(21)24)32-17-16-26-19(3)33-27(29-26)20-10-7-6-8-11-20/h6-8,10-11,13,15,18,24-25H,4-5,9,12,14,16-17H2,1-3H3. The molecule has 3 aromatic rings. The largest absolute Gasteiger partial charge is 0.493 e. The molecule has 1 aliphatic carbocycles. The van der Waals surface area contributed by atoms with E-state index in [9.17, 15) is 4.79 Å². The molecule has 0 fully saturated rings. The van der Waals surface area contributed by atoms with Crippen molar-refractivity contribution >= 4 is 5.97 Å². The van der Waals surface area contributed by atoms with Crippen molar-refractivity contribution < 1.29 is 18.7 Å². The zero-order valence-electron chi connectivity index (χ0n) is 19.8. The molecule has 2 unspecified atom stereocenters. The molecule has 0 radical (unpaired) electrons. The summed E-state index contributed by atoms with van der Waals surface area (Å²) in [6.45, 7) is 6.91. The number of carbonyl (C=O) groups is 1. The predicted molar refractivity (Wildman–Crippen MR) is 128 cm³/mol. The molecule has 0 saturated heterocycles. The second-order valence-corrected chi connectivity index (χ2v) is 8.64. The van der Waals surface area contributed by atoms with Gasteiger partial charge in [-0.3, -0.25) is 4.79 Å². The predicted octanol–water partition coefficient (Wildman–Crippen LogP) is 6.28. The van der Waals surface area contributed by atoms with Crippen molar-refractivity contribution in [3.05, 3.63) is 71.1 Å². The van der Waals surface area contributed by atoms with Gasteiger partial charge in [0.25, 0.3) is 0 Å². The molecule has 1 aromatic heterocycles. The zero-order valence-corrected chi connectivity index (χ0v) is 19.8. The van der Waals surface area contributed by atoms with Crippen molar-refractivity contribution in [3.8, 4) is 17.2 Å². The van der Waals surface area contributed by atoms with Crippen LogP contribution in [-0.4, -0.2) is 24.2 Å². The van der Waals surface area contributed by atoms with Crippen LogP contribution < -0.4 is 4.74 Å². The van der Waals surface area contributed by atoms with Gasteiger partial charge in [0.05, 0.1) is 24.8 Å². The number of carbonyl (C=O) groups excluding carboxylic acids is 1. The molecule has 33 heavy (non-hydrogen) atoms. The summed E-state index contributed by atoms with van der Waals surface area (Å²) in [6, 6.07) is 16.2. The Morgan fingerprint density at radius 2 is 2.00 bits per heavy atom. The van der Waals surface area contributed by atoms with Gasteiger partial charge in [0.1, 0.15) is 11.5 Å². The summed E-state index contributed by atoms with van der Waals surface area (Å²) in [6.07, 6.45) is 4.48. The summed E-state index contributed by atoms with van der Waals surface area (Å²) in [7, 11) is 0. The molecule has 174 valence electrons. The number of rotatable bonds is 10. The Labute approximate surface area is 196 Å². The van der Waals surface area contributed by atoms with Crippen LogP contribution in [-0.2, 0) is 22.4 Å². The molecule has 2 aromatic carbocycles. The molecular weight excluding hydrogens is 414 g/mol. The van der Waals surface area contributed by atoms with Gasteiger partial charge in [-0.15, -0.1) is 0 Å². The molecule has 4 rings (SSSR count). The quantitative estimate of drug-likeness (QED) is 0.342. The minimum absolute atomic E-state index is 0.0584. The zero-order chi connectivity index (χ0) is 23.2. The van der Waals surface area contributed by atoms with E-state index in [-0.39, 0.29) is 17.8 Å². The Bertz CT molecular complexity index is 1070. The first-order chi connectivity index (χ1) is 16.1. The summed E-state index contributed by atoms with van der Waals surface area (Å²) in [5, 5.41) is 0. The molecule has 0 spiro atoms. The first-order valence-corrected chi connectivity index (χ1v) is 12.0. The number of aromatic nitrogens is 1. The number of benzene rings is 2. The van der Waals surface area contributed by atoms with Crippen LogP contribution in [0.5, 0.6) is 5.75 Å². The molecule has 0 amide bonds. The van der Waals surface area contributed by atoms with E-state index in [4.69, 9.17) is 13.9 Å². The van der Waals surface area contributed by atoms with Gasteiger partial charge in [-0.25, -0.2) is 4.98 Å². The van der Waals surface area contributed by atoms with Crippen LogP contribution in [0.3, 0.4) is 0 Å². The Hall–Kier alpha value is -3.08. The second-order valence-electron chi connectivity index (χ2n) is 8.64. The van der Waals surface area contributed by atoms with Crippen LogP contribution in [0.1, 0.15) is 61.6 Å². The highest BCUT2D eigenvalue weighted by molar-refractivity contribution is 5.74. The number of oxazole rings is 1. The lowest BCUT2D eigenvalue weighted by Gasteiger charge is -2.22.